The average molecular weight is 336 g/mol. The Morgan fingerprint density at radius 1 is 1.21 bits per heavy atom. The van der Waals surface area contributed by atoms with Crippen LogP contribution in [0.4, 0.5) is 0 Å². The molecule has 0 aliphatic heterocycles. The summed E-state index contributed by atoms with van der Waals surface area (Å²) in [5.74, 6) is 0. The Morgan fingerprint density at radius 2 is 1.95 bits per heavy atom. The van der Waals surface area contributed by atoms with Gasteiger partial charge in [-0.15, -0.1) is 21.5 Å². The molecule has 0 aromatic carbocycles. The van der Waals surface area contributed by atoms with E-state index in [2.05, 4.69) is 36.3 Å². The summed E-state index contributed by atoms with van der Waals surface area (Å²) in [4.78, 5) is 0. The molecule has 1 N–H and O–H groups in total. The van der Waals surface area contributed by atoms with Gasteiger partial charge in [0.15, 0.2) is 0 Å². The van der Waals surface area contributed by atoms with Gasteiger partial charge in [0.1, 0.15) is 14.4 Å². The molecule has 7 heteroatoms. The molecule has 2 aromatic rings. The fourth-order valence-electron chi connectivity index (χ4n) is 1.49. The summed E-state index contributed by atoms with van der Waals surface area (Å²) in [6.45, 7) is 7.32. The van der Waals surface area contributed by atoms with E-state index in [1.807, 2.05) is 6.07 Å². The lowest BCUT2D eigenvalue weighted by Crippen LogP contribution is -2.37. The van der Waals surface area contributed by atoms with Gasteiger partial charge in [-0.1, -0.05) is 34.5 Å². The lowest BCUT2D eigenvalue weighted by Gasteiger charge is -2.19. The van der Waals surface area contributed by atoms with Gasteiger partial charge in [-0.25, -0.2) is 0 Å². The first-order valence-electron chi connectivity index (χ1n) is 5.88. The van der Waals surface area contributed by atoms with Crippen LogP contribution in [-0.2, 0) is 6.42 Å². The molecule has 0 atom stereocenters. The second-order valence-corrected chi connectivity index (χ2v) is 8.51. The van der Waals surface area contributed by atoms with Gasteiger partial charge in [-0.05, 0) is 26.8 Å². The molecule has 104 valence electrons. The molecule has 0 spiro atoms. The highest BCUT2D eigenvalue weighted by molar-refractivity contribution is 7.21. The summed E-state index contributed by atoms with van der Waals surface area (Å²) < 4.78 is 1.34. The largest absolute Gasteiger partial charge is 0.312 e. The van der Waals surface area contributed by atoms with Crippen molar-refractivity contribution in [2.75, 3.05) is 6.54 Å². The molecule has 2 rings (SSSR count). The molecule has 0 aliphatic carbocycles. The average Bonchev–Trinajstić information content (AvgIpc) is 2.83. The van der Waals surface area contributed by atoms with Crippen LogP contribution in [0.1, 0.15) is 25.8 Å². The molecule has 3 nitrogen and oxygen atoms in total. The van der Waals surface area contributed by atoms with Crippen LogP contribution >= 0.6 is 45.9 Å². The van der Waals surface area contributed by atoms with E-state index in [4.69, 9.17) is 23.2 Å². The van der Waals surface area contributed by atoms with Crippen molar-refractivity contribution in [2.45, 2.75) is 32.7 Å². The standard InChI is InChI=1S/C12H15Cl2N3S2/c1-12(2,3)15-5-4-9-16-17-11(19-9)7-6-8(13)18-10(7)14/h6,15H,4-5H2,1-3H3. The number of nitrogens with one attached hydrogen (secondary N) is 1. The predicted molar refractivity (Wildman–Crippen MR) is 84.7 cm³/mol. The summed E-state index contributed by atoms with van der Waals surface area (Å²) in [5, 5.41) is 13.6. The lowest BCUT2D eigenvalue weighted by atomic mass is 10.1. The van der Waals surface area contributed by atoms with Crippen LogP contribution in [0.3, 0.4) is 0 Å². The molecule has 0 saturated carbocycles. The Kier molecular flexibility index (Phi) is 4.84. The van der Waals surface area contributed by atoms with Crippen LogP contribution in [0.15, 0.2) is 6.07 Å². The molecule has 0 bridgehead atoms. The van der Waals surface area contributed by atoms with Crippen LogP contribution in [0, 0.1) is 0 Å². The Labute approximate surface area is 131 Å². The second-order valence-electron chi connectivity index (χ2n) is 5.17. The van der Waals surface area contributed by atoms with Gasteiger partial charge in [0.05, 0.1) is 4.34 Å². The van der Waals surface area contributed by atoms with E-state index in [1.165, 1.54) is 11.3 Å². The summed E-state index contributed by atoms with van der Waals surface area (Å²) in [6, 6.07) is 1.84. The highest BCUT2D eigenvalue weighted by Gasteiger charge is 2.14. The molecule has 0 saturated heterocycles. The topological polar surface area (TPSA) is 37.8 Å². The fourth-order valence-corrected chi connectivity index (χ4v) is 3.94. The zero-order valence-corrected chi connectivity index (χ0v) is 14.1. The van der Waals surface area contributed by atoms with Crippen LogP contribution in [0.2, 0.25) is 8.67 Å². The molecule has 0 radical (unpaired) electrons. The number of hydrogen-bond acceptors (Lipinski definition) is 5. The third kappa shape index (κ3) is 4.39. The maximum absolute atomic E-state index is 6.11. The predicted octanol–water partition coefficient (Wildman–Crippen LogP) is 4.50. The maximum Gasteiger partial charge on any atom is 0.150 e. The van der Waals surface area contributed by atoms with Gasteiger partial charge in [0.25, 0.3) is 0 Å². The van der Waals surface area contributed by atoms with Crippen LogP contribution in [0.25, 0.3) is 10.6 Å². The number of rotatable bonds is 4. The van der Waals surface area contributed by atoms with Crippen molar-refractivity contribution in [3.05, 3.63) is 19.7 Å². The molecule has 2 heterocycles. The number of hydrogen-bond donors (Lipinski definition) is 1. The Morgan fingerprint density at radius 3 is 2.53 bits per heavy atom. The van der Waals surface area contributed by atoms with Crippen LogP contribution in [0.5, 0.6) is 0 Å². The van der Waals surface area contributed by atoms with Gasteiger partial charge in [-0.3, -0.25) is 0 Å². The molecule has 19 heavy (non-hydrogen) atoms. The first-order chi connectivity index (χ1) is 8.85. The zero-order chi connectivity index (χ0) is 14.0. The Balaban J connectivity index is 2.01. The summed E-state index contributed by atoms with van der Waals surface area (Å²) >= 11 is 15.0. The molecule has 0 amide bonds. The SMILES string of the molecule is CC(C)(C)NCCc1nnc(-c2cc(Cl)sc2Cl)s1. The Bertz CT molecular complexity index is 558. The first kappa shape index (κ1) is 15.2. The third-order valence-corrected chi connectivity index (χ3v) is 4.85. The van der Waals surface area contributed by atoms with E-state index in [9.17, 15) is 0 Å². The molecule has 0 aliphatic rings. The van der Waals surface area contributed by atoms with E-state index in [0.29, 0.717) is 8.67 Å². The zero-order valence-electron chi connectivity index (χ0n) is 11.0. The summed E-state index contributed by atoms with van der Waals surface area (Å²) in [5.41, 5.74) is 1.00. The number of thiophene rings is 1. The van der Waals surface area contributed by atoms with Crippen LogP contribution < -0.4 is 5.32 Å². The number of halogens is 2. The lowest BCUT2D eigenvalue weighted by molar-refractivity contribution is 0.429. The minimum Gasteiger partial charge on any atom is -0.312 e. The fraction of sp³-hybridized carbons (Fsp3) is 0.500. The summed E-state index contributed by atoms with van der Waals surface area (Å²) in [6.07, 6.45) is 0.866. The van der Waals surface area contributed by atoms with Gasteiger partial charge in [-0.2, -0.15) is 0 Å². The van der Waals surface area contributed by atoms with Crippen molar-refractivity contribution < 1.29 is 0 Å². The Hall–Kier alpha value is -0.200. The maximum atomic E-state index is 6.11. The van der Waals surface area contributed by atoms with E-state index in [1.54, 1.807) is 11.3 Å². The van der Waals surface area contributed by atoms with E-state index >= 15 is 0 Å². The van der Waals surface area contributed by atoms with E-state index in [-0.39, 0.29) is 5.54 Å². The highest BCUT2D eigenvalue weighted by Crippen LogP contribution is 2.39. The second kappa shape index (κ2) is 6.06. The van der Waals surface area contributed by atoms with Crippen LogP contribution in [-0.4, -0.2) is 22.3 Å². The molecule has 0 fully saturated rings. The van der Waals surface area contributed by atoms with Gasteiger partial charge in [0.2, 0.25) is 0 Å². The van der Waals surface area contributed by atoms with Crippen molar-refractivity contribution >= 4 is 45.9 Å². The molecular weight excluding hydrogens is 321 g/mol. The van der Waals surface area contributed by atoms with Gasteiger partial charge in [0, 0.05) is 24.1 Å². The smallest absolute Gasteiger partial charge is 0.150 e. The van der Waals surface area contributed by atoms with Crippen molar-refractivity contribution in [1.82, 2.24) is 15.5 Å². The first-order valence-corrected chi connectivity index (χ1v) is 8.27. The van der Waals surface area contributed by atoms with Crippen molar-refractivity contribution in [3.63, 3.8) is 0 Å². The molecule has 2 aromatic heterocycles. The van der Waals surface area contributed by atoms with E-state index in [0.717, 1.165) is 28.5 Å². The van der Waals surface area contributed by atoms with Crippen molar-refractivity contribution in [1.29, 1.82) is 0 Å². The van der Waals surface area contributed by atoms with Gasteiger partial charge >= 0.3 is 0 Å². The minimum absolute atomic E-state index is 0.123. The molecule has 0 unspecified atom stereocenters. The van der Waals surface area contributed by atoms with Crippen molar-refractivity contribution in [2.24, 2.45) is 0 Å². The minimum atomic E-state index is 0.123. The van der Waals surface area contributed by atoms with Crippen molar-refractivity contribution in [3.8, 4) is 10.6 Å². The quantitative estimate of drug-likeness (QED) is 0.893. The normalized spacial score (nSPS) is 12.1. The number of aromatic nitrogens is 2. The van der Waals surface area contributed by atoms with E-state index < -0.39 is 0 Å². The van der Waals surface area contributed by atoms with Gasteiger partial charge < -0.3 is 5.32 Å². The highest BCUT2D eigenvalue weighted by atomic mass is 35.5. The summed E-state index contributed by atoms with van der Waals surface area (Å²) in [7, 11) is 0. The number of nitrogens with zero attached hydrogens (tertiary/aromatic N) is 2. The third-order valence-electron chi connectivity index (χ3n) is 2.35. The monoisotopic (exact) mass is 335 g/mol. The molecular formula is C12H15Cl2N3S2.